The van der Waals surface area contributed by atoms with E-state index in [1.54, 1.807) is 11.3 Å². The molecule has 1 saturated heterocycles. The van der Waals surface area contributed by atoms with Gasteiger partial charge in [-0.3, -0.25) is 4.79 Å². The average molecular weight is 396 g/mol. The van der Waals surface area contributed by atoms with E-state index < -0.39 is 0 Å². The Kier molecular flexibility index (Phi) is 5.88. The molecular formula is C22H25N3O2S. The summed E-state index contributed by atoms with van der Waals surface area (Å²) in [6, 6.07) is 16.8. The third kappa shape index (κ3) is 4.51. The third-order valence-electron chi connectivity index (χ3n) is 5.42. The van der Waals surface area contributed by atoms with E-state index in [0.717, 1.165) is 61.3 Å². The van der Waals surface area contributed by atoms with Gasteiger partial charge < -0.3 is 14.5 Å². The van der Waals surface area contributed by atoms with Crippen molar-refractivity contribution >= 4 is 28.0 Å². The van der Waals surface area contributed by atoms with Gasteiger partial charge in [-0.2, -0.15) is 0 Å². The van der Waals surface area contributed by atoms with Crippen LogP contribution in [0.3, 0.4) is 0 Å². The number of benzene rings is 2. The Morgan fingerprint density at radius 2 is 1.93 bits per heavy atom. The molecule has 0 radical (unpaired) electrons. The standard InChI is InChI=1S/C22H25N3O2S/c1-24(16-26)18-11-14-25(15-12-18)13-10-17-6-8-19(9-7-17)27-22-23-20-4-2-3-5-21(20)28-22/h2-9,16,18H,10-15H2,1H3. The number of ether oxygens (including phenoxy) is 1. The minimum atomic E-state index is 0.396. The monoisotopic (exact) mass is 395 g/mol. The number of piperidine rings is 1. The third-order valence-corrected chi connectivity index (χ3v) is 6.33. The van der Waals surface area contributed by atoms with Crippen LogP contribution in [0.2, 0.25) is 0 Å². The zero-order valence-corrected chi connectivity index (χ0v) is 16.9. The molecule has 1 fully saturated rings. The summed E-state index contributed by atoms with van der Waals surface area (Å²) >= 11 is 1.56. The van der Waals surface area contributed by atoms with E-state index in [1.165, 1.54) is 5.56 Å². The van der Waals surface area contributed by atoms with Crippen LogP contribution in [0.4, 0.5) is 0 Å². The van der Waals surface area contributed by atoms with Gasteiger partial charge in [-0.25, -0.2) is 4.98 Å². The van der Waals surface area contributed by atoms with Crippen LogP contribution < -0.4 is 4.74 Å². The Balaban J connectivity index is 1.27. The molecule has 3 aromatic rings. The number of nitrogens with zero attached hydrogens (tertiary/aromatic N) is 3. The summed E-state index contributed by atoms with van der Waals surface area (Å²) < 4.78 is 7.06. The average Bonchev–Trinajstić information content (AvgIpc) is 3.15. The number of aromatic nitrogens is 1. The van der Waals surface area contributed by atoms with E-state index >= 15 is 0 Å². The highest BCUT2D eigenvalue weighted by Gasteiger charge is 2.21. The molecule has 28 heavy (non-hydrogen) atoms. The minimum absolute atomic E-state index is 0.396. The minimum Gasteiger partial charge on any atom is -0.431 e. The zero-order chi connectivity index (χ0) is 19.3. The fraction of sp³-hybridized carbons (Fsp3) is 0.364. The van der Waals surface area contributed by atoms with Gasteiger partial charge >= 0.3 is 0 Å². The molecular weight excluding hydrogens is 370 g/mol. The molecule has 5 nitrogen and oxygen atoms in total. The van der Waals surface area contributed by atoms with Gasteiger partial charge in [0.1, 0.15) is 5.75 Å². The molecule has 146 valence electrons. The summed E-state index contributed by atoms with van der Waals surface area (Å²) in [6.45, 7) is 3.17. The van der Waals surface area contributed by atoms with Crippen molar-refractivity contribution in [2.24, 2.45) is 0 Å². The van der Waals surface area contributed by atoms with Crippen LogP contribution >= 0.6 is 11.3 Å². The van der Waals surface area contributed by atoms with Crippen molar-refractivity contribution in [1.29, 1.82) is 0 Å². The second-order valence-electron chi connectivity index (χ2n) is 7.29. The number of rotatable bonds is 7. The summed E-state index contributed by atoms with van der Waals surface area (Å²) in [7, 11) is 1.88. The molecule has 1 amide bonds. The lowest BCUT2D eigenvalue weighted by Crippen LogP contribution is -2.43. The van der Waals surface area contributed by atoms with Crippen molar-refractivity contribution < 1.29 is 9.53 Å². The number of fused-ring (bicyclic) bond motifs is 1. The number of carbonyl (C=O) groups is 1. The first kappa shape index (κ1) is 18.9. The number of carbonyl (C=O) groups excluding carboxylic acids is 1. The molecule has 1 aliphatic rings. The van der Waals surface area contributed by atoms with Crippen molar-refractivity contribution in [3.05, 3.63) is 54.1 Å². The molecule has 0 atom stereocenters. The number of likely N-dealkylation sites (tertiary alicyclic amines) is 1. The molecule has 0 N–H and O–H groups in total. The highest BCUT2D eigenvalue weighted by Crippen LogP contribution is 2.31. The summed E-state index contributed by atoms with van der Waals surface area (Å²) in [4.78, 5) is 19.7. The van der Waals surface area contributed by atoms with E-state index in [-0.39, 0.29) is 0 Å². The predicted octanol–water partition coefficient (Wildman–Crippen LogP) is 4.18. The van der Waals surface area contributed by atoms with Crippen LogP contribution in [-0.4, -0.2) is 53.9 Å². The summed E-state index contributed by atoms with van der Waals surface area (Å²) in [5.41, 5.74) is 2.28. The molecule has 0 unspecified atom stereocenters. The molecule has 0 bridgehead atoms. The van der Waals surface area contributed by atoms with Crippen LogP contribution in [0.15, 0.2) is 48.5 Å². The maximum absolute atomic E-state index is 10.9. The van der Waals surface area contributed by atoms with Crippen molar-refractivity contribution in [3.63, 3.8) is 0 Å². The van der Waals surface area contributed by atoms with Crippen molar-refractivity contribution in [2.75, 3.05) is 26.7 Å². The lowest BCUT2D eigenvalue weighted by molar-refractivity contribution is -0.119. The maximum atomic E-state index is 10.9. The van der Waals surface area contributed by atoms with Gasteiger partial charge in [0.15, 0.2) is 0 Å². The maximum Gasteiger partial charge on any atom is 0.279 e. The van der Waals surface area contributed by atoms with E-state index in [1.807, 2.05) is 42.3 Å². The topological polar surface area (TPSA) is 45.7 Å². The second kappa shape index (κ2) is 8.71. The number of hydrogen-bond acceptors (Lipinski definition) is 5. The van der Waals surface area contributed by atoms with E-state index in [0.29, 0.717) is 11.2 Å². The van der Waals surface area contributed by atoms with Crippen molar-refractivity contribution in [2.45, 2.75) is 25.3 Å². The van der Waals surface area contributed by atoms with E-state index in [9.17, 15) is 4.79 Å². The quantitative estimate of drug-likeness (QED) is 0.563. The molecule has 4 rings (SSSR count). The Hall–Kier alpha value is -2.44. The molecule has 1 aliphatic heterocycles. The van der Waals surface area contributed by atoms with Gasteiger partial charge in [-0.1, -0.05) is 35.6 Å². The molecule has 6 heteroatoms. The lowest BCUT2D eigenvalue weighted by Gasteiger charge is -2.35. The summed E-state index contributed by atoms with van der Waals surface area (Å²) in [6.07, 6.45) is 4.09. The SMILES string of the molecule is CN(C=O)C1CCN(CCc2ccc(Oc3nc4ccccc4s3)cc2)CC1. The fourth-order valence-electron chi connectivity index (χ4n) is 3.64. The smallest absolute Gasteiger partial charge is 0.279 e. The second-order valence-corrected chi connectivity index (χ2v) is 8.28. The summed E-state index contributed by atoms with van der Waals surface area (Å²) in [5, 5.41) is 0.678. The van der Waals surface area contributed by atoms with Gasteiger partial charge in [-0.15, -0.1) is 0 Å². The molecule has 2 aromatic carbocycles. The largest absolute Gasteiger partial charge is 0.431 e. The van der Waals surface area contributed by atoms with Crippen LogP contribution in [-0.2, 0) is 11.2 Å². The first-order valence-electron chi connectivity index (χ1n) is 9.73. The molecule has 0 aliphatic carbocycles. The van der Waals surface area contributed by atoms with Crippen LogP contribution in [0.5, 0.6) is 10.9 Å². The number of amides is 1. The van der Waals surface area contributed by atoms with Crippen LogP contribution in [0.1, 0.15) is 18.4 Å². The highest BCUT2D eigenvalue weighted by atomic mass is 32.1. The molecule has 2 heterocycles. The first-order chi connectivity index (χ1) is 13.7. The van der Waals surface area contributed by atoms with Gasteiger partial charge in [0, 0.05) is 32.7 Å². The predicted molar refractivity (Wildman–Crippen MR) is 113 cm³/mol. The Bertz CT molecular complexity index is 884. The highest BCUT2D eigenvalue weighted by molar-refractivity contribution is 7.20. The molecule has 0 saturated carbocycles. The Morgan fingerprint density at radius 1 is 1.18 bits per heavy atom. The molecule has 1 aromatic heterocycles. The Labute approximate surface area is 169 Å². The van der Waals surface area contributed by atoms with Crippen LogP contribution in [0, 0.1) is 0 Å². The fourth-order valence-corrected chi connectivity index (χ4v) is 4.48. The van der Waals surface area contributed by atoms with Gasteiger partial charge in [0.25, 0.3) is 5.19 Å². The van der Waals surface area contributed by atoms with Gasteiger partial charge in [0.05, 0.1) is 10.2 Å². The zero-order valence-electron chi connectivity index (χ0n) is 16.1. The number of para-hydroxylation sites is 1. The van der Waals surface area contributed by atoms with Gasteiger partial charge in [-0.05, 0) is 49.1 Å². The first-order valence-corrected chi connectivity index (χ1v) is 10.5. The van der Waals surface area contributed by atoms with E-state index in [4.69, 9.17) is 4.74 Å². The van der Waals surface area contributed by atoms with Crippen molar-refractivity contribution in [3.8, 4) is 10.9 Å². The van der Waals surface area contributed by atoms with E-state index in [2.05, 4.69) is 28.1 Å². The summed E-state index contributed by atoms with van der Waals surface area (Å²) in [5.74, 6) is 0.820. The lowest BCUT2D eigenvalue weighted by atomic mass is 10.0. The van der Waals surface area contributed by atoms with Crippen molar-refractivity contribution in [1.82, 2.24) is 14.8 Å². The number of hydrogen-bond donors (Lipinski definition) is 0. The normalized spacial score (nSPS) is 15.6. The Morgan fingerprint density at radius 3 is 2.64 bits per heavy atom. The van der Waals surface area contributed by atoms with Gasteiger partial charge in [0.2, 0.25) is 6.41 Å². The van der Waals surface area contributed by atoms with Crippen LogP contribution in [0.25, 0.3) is 10.2 Å². The molecule has 0 spiro atoms. The number of thiazole rings is 1.